The van der Waals surface area contributed by atoms with Crippen LogP contribution in [-0.2, 0) is 4.74 Å². The fraction of sp³-hybridized carbons (Fsp3) is 0.500. The summed E-state index contributed by atoms with van der Waals surface area (Å²) in [5.74, 6) is 0.223. The Morgan fingerprint density at radius 2 is 2.00 bits per heavy atom. The van der Waals surface area contributed by atoms with Gasteiger partial charge in [-0.2, -0.15) is 0 Å². The third kappa shape index (κ3) is 3.68. The highest BCUT2D eigenvalue weighted by Gasteiger charge is 2.24. The summed E-state index contributed by atoms with van der Waals surface area (Å²) < 4.78 is 6.14. The molecule has 1 fully saturated rings. The first-order valence-electron chi connectivity index (χ1n) is 6.62. The monoisotopic (exact) mass is 389 g/mol. The third-order valence-corrected chi connectivity index (χ3v) is 4.56. The highest BCUT2D eigenvalue weighted by molar-refractivity contribution is 14.1. The molecule has 2 rings (SSSR count). The van der Waals surface area contributed by atoms with Crippen LogP contribution in [0.3, 0.4) is 0 Å². The molecule has 1 aromatic carbocycles. The Bertz CT molecular complexity index is 524. The van der Waals surface area contributed by atoms with Crippen LogP contribution >= 0.6 is 22.6 Å². The molecule has 0 bridgehead atoms. The van der Waals surface area contributed by atoms with E-state index in [2.05, 4.69) is 6.92 Å². The first kappa shape index (κ1) is 15.2. The van der Waals surface area contributed by atoms with Crippen LogP contribution < -0.4 is 0 Å². The van der Waals surface area contributed by atoms with Crippen molar-refractivity contribution in [2.75, 3.05) is 0 Å². The molecule has 20 heavy (non-hydrogen) atoms. The lowest BCUT2D eigenvalue weighted by atomic mass is 9.89. The van der Waals surface area contributed by atoms with Crippen molar-refractivity contribution in [3.8, 4) is 0 Å². The molecule has 0 amide bonds. The standard InChI is InChI=1S/C14H16INO4/c1-9-2-5-11(6-3-9)20-14(17)12-8-10(16(18)19)4-7-13(12)15/h4,7-9,11H,2-3,5-6H2,1H3. The van der Waals surface area contributed by atoms with E-state index < -0.39 is 10.9 Å². The van der Waals surface area contributed by atoms with Gasteiger partial charge >= 0.3 is 5.97 Å². The lowest BCUT2D eigenvalue weighted by Gasteiger charge is -2.26. The lowest BCUT2D eigenvalue weighted by Crippen LogP contribution is -2.24. The summed E-state index contributed by atoms with van der Waals surface area (Å²) in [4.78, 5) is 22.4. The van der Waals surface area contributed by atoms with E-state index >= 15 is 0 Å². The molecule has 0 spiro atoms. The average molecular weight is 389 g/mol. The van der Waals surface area contributed by atoms with Crippen LogP contribution in [-0.4, -0.2) is 17.0 Å². The Balaban J connectivity index is 2.08. The van der Waals surface area contributed by atoms with Crippen LogP contribution in [0.25, 0.3) is 0 Å². The van der Waals surface area contributed by atoms with E-state index in [0.29, 0.717) is 9.49 Å². The molecule has 0 atom stereocenters. The van der Waals surface area contributed by atoms with Crippen LogP contribution in [0.2, 0.25) is 0 Å². The summed E-state index contributed by atoms with van der Waals surface area (Å²) in [6.45, 7) is 2.20. The lowest BCUT2D eigenvalue weighted by molar-refractivity contribution is -0.384. The summed E-state index contributed by atoms with van der Waals surface area (Å²) in [6, 6.07) is 4.24. The Morgan fingerprint density at radius 3 is 2.60 bits per heavy atom. The van der Waals surface area contributed by atoms with Gasteiger partial charge in [-0.05, 0) is 60.3 Å². The number of esters is 1. The smallest absolute Gasteiger partial charge is 0.339 e. The number of carbonyl (C=O) groups excluding carboxylic acids is 1. The van der Waals surface area contributed by atoms with Gasteiger partial charge in [0.25, 0.3) is 5.69 Å². The van der Waals surface area contributed by atoms with Gasteiger partial charge in [-0.15, -0.1) is 0 Å². The van der Waals surface area contributed by atoms with Crippen molar-refractivity contribution >= 4 is 34.2 Å². The summed E-state index contributed by atoms with van der Waals surface area (Å²) >= 11 is 1.99. The molecule has 1 aromatic rings. The van der Waals surface area contributed by atoms with Gasteiger partial charge in [0.2, 0.25) is 0 Å². The number of non-ortho nitro benzene ring substituents is 1. The number of hydrogen-bond acceptors (Lipinski definition) is 4. The highest BCUT2D eigenvalue weighted by Crippen LogP contribution is 2.27. The quantitative estimate of drug-likeness (QED) is 0.340. The van der Waals surface area contributed by atoms with E-state index in [1.807, 2.05) is 22.6 Å². The van der Waals surface area contributed by atoms with Gasteiger partial charge in [0.1, 0.15) is 6.10 Å². The average Bonchev–Trinajstić information content (AvgIpc) is 2.41. The van der Waals surface area contributed by atoms with Crippen LogP contribution in [0.4, 0.5) is 5.69 Å². The van der Waals surface area contributed by atoms with Crippen LogP contribution in [0, 0.1) is 19.6 Å². The van der Waals surface area contributed by atoms with Gasteiger partial charge < -0.3 is 4.74 Å². The number of halogens is 1. The maximum atomic E-state index is 12.1. The number of nitro benzene ring substituents is 1. The van der Waals surface area contributed by atoms with Gasteiger partial charge in [0.05, 0.1) is 10.5 Å². The van der Waals surface area contributed by atoms with Gasteiger partial charge in [-0.1, -0.05) is 6.92 Å². The maximum Gasteiger partial charge on any atom is 0.339 e. The van der Waals surface area contributed by atoms with Crippen molar-refractivity contribution < 1.29 is 14.5 Å². The molecule has 0 saturated heterocycles. The molecule has 0 N–H and O–H groups in total. The molecule has 0 unspecified atom stereocenters. The van der Waals surface area contributed by atoms with E-state index in [-0.39, 0.29) is 17.4 Å². The normalized spacial score (nSPS) is 22.3. The minimum absolute atomic E-state index is 0.0613. The summed E-state index contributed by atoms with van der Waals surface area (Å²) in [6.07, 6.45) is 3.80. The molecule has 6 heteroatoms. The van der Waals surface area contributed by atoms with Crippen molar-refractivity contribution in [3.05, 3.63) is 37.4 Å². The molecular formula is C14H16INO4. The van der Waals surface area contributed by atoms with E-state index in [4.69, 9.17) is 4.74 Å². The SMILES string of the molecule is CC1CCC(OC(=O)c2cc([N+](=O)[O-])ccc2I)CC1. The summed E-state index contributed by atoms with van der Waals surface area (Å²) in [5, 5.41) is 10.8. The summed E-state index contributed by atoms with van der Waals surface area (Å²) in [5.41, 5.74) is 0.188. The Morgan fingerprint density at radius 1 is 1.35 bits per heavy atom. The fourth-order valence-electron chi connectivity index (χ4n) is 2.35. The van der Waals surface area contributed by atoms with Crippen molar-refractivity contribution in [2.45, 2.75) is 38.7 Å². The number of carbonyl (C=O) groups is 1. The zero-order chi connectivity index (χ0) is 14.7. The van der Waals surface area contributed by atoms with Gasteiger partial charge in [0, 0.05) is 15.7 Å². The molecule has 1 aliphatic rings. The second-order valence-corrected chi connectivity index (χ2v) is 6.37. The molecule has 0 aliphatic heterocycles. The molecule has 1 saturated carbocycles. The van der Waals surface area contributed by atoms with E-state index in [1.165, 1.54) is 12.1 Å². The molecule has 0 aromatic heterocycles. The van der Waals surface area contributed by atoms with Crippen molar-refractivity contribution in [2.24, 2.45) is 5.92 Å². The Kier molecular flexibility index (Phi) is 4.95. The van der Waals surface area contributed by atoms with Crippen LogP contribution in [0.1, 0.15) is 43.0 Å². The highest BCUT2D eigenvalue weighted by atomic mass is 127. The number of hydrogen-bond donors (Lipinski definition) is 0. The number of benzene rings is 1. The molecule has 0 heterocycles. The van der Waals surface area contributed by atoms with Crippen molar-refractivity contribution in [1.82, 2.24) is 0 Å². The minimum Gasteiger partial charge on any atom is -0.459 e. The van der Waals surface area contributed by atoms with Gasteiger partial charge in [-0.3, -0.25) is 10.1 Å². The van der Waals surface area contributed by atoms with Crippen molar-refractivity contribution in [1.29, 1.82) is 0 Å². The second-order valence-electron chi connectivity index (χ2n) is 5.21. The van der Waals surface area contributed by atoms with E-state index in [9.17, 15) is 14.9 Å². The molecule has 5 nitrogen and oxygen atoms in total. The predicted molar refractivity (Wildman–Crippen MR) is 82.6 cm³/mol. The Hall–Kier alpha value is -1.18. The third-order valence-electron chi connectivity index (χ3n) is 3.62. The zero-order valence-corrected chi connectivity index (χ0v) is 13.3. The molecule has 1 aliphatic carbocycles. The Labute approximate surface area is 131 Å². The number of nitrogens with zero attached hydrogens (tertiary/aromatic N) is 1. The van der Waals surface area contributed by atoms with Crippen LogP contribution in [0.5, 0.6) is 0 Å². The van der Waals surface area contributed by atoms with Crippen molar-refractivity contribution in [3.63, 3.8) is 0 Å². The van der Waals surface area contributed by atoms with Gasteiger partial charge in [-0.25, -0.2) is 4.79 Å². The van der Waals surface area contributed by atoms with Crippen LogP contribution in [0.15, 0.2) is 18.2 Å². The first-order valence-corrected chi connectivity index (χ1v) is 7.70. The zero-order valence-electron chi connectivity index (χ0n) is 11.2. The molecule has 0 radical (unpaired) electrons. The second kappa shape index (κ2) is 6.51. The predicted octanol–water partition coefficient (Wildman–Crippen LogP) is 3.93. The maximum absolute atomic E-state index is 12.1. The topological polar surface area (TPSA) is 69.4 Å². The van der Waals surface area contributed by atoms with E-state index in [1.54, 1.807) is 6.07 Å². The molecular weight excluding hydrogens is 373 g/mol. The largest absolute Gasteiger partial charge is 0.459 e. The first-order chi connectivity index (χ1) is 9.47. The summed E-state index contributed by atoms with van der Waals surface area (Å²) in [7, 11) is 0. The molecule has 108 valence electrons. The fourth-order valence-corrected chi connectivity index (χ4v) is 2.90. The number of ether oxygens (including phenoxy) is 1. The minimum atomic E-state index is -0.505. The van der Waals surface area contributed by atoms with E-state index in [0.717, 1.165) is 25.7 Å². The number of rotatable bonds is 3. The van der Waals surface area contributed by atoms with Gasteiger partial charge in [0.15, 0.2) is 0 Å². The number of nitro groups is 1.